The monoisotopic (exact) mass is 262 g/mol. The van der Waals surface area contributed by atoms with Crippen molar-refractivity contribution < 1.29 is 14.7 Å². The minimum atomic E-state index is -0.747. The highest BCUT2D eigenvalue weighted by Crippen LogP contribution is 2.31. The van der Waals surface area contributed by atoms with Crippen LogP contribution in [0, 0.1) is 11.8 Å². The SMILES string of the molecule is O=C(O)CC1CCC(C(=O)Nc2cccnc2)CC1. The van der Waals surface area contributed by atoms with Crippen LogP contribution >= 0.6 is 0 Å². The first-order valence-corrected chi connectivity index (χ1v) is 6.58. The second-order valence-corrected chi connectivity index (χ2v) is 5.05. The van der Waals surface area contributed by atoms with Crippen LogP contribution < -0.4 is 5.32 Å². The molecule has 0 unspecified atom stereocenters. The average molecular weight is 262 g/mol. The van der Waals surface area contributed by atoms with Crippen molar-refractivity contribution in [2.24, 2.45) is 11.8 Å². The number of carbonyl (C=O) groups excluding carboxylic acids is 1. The fraction of sp³-hybridized carbons (Fsp3) is 0.500. The Morgan fingerprint density at radius 3 is 2.63 bits per heavy atom. The highest BCUT2D eigenvalue weighted by Gasteiger charge is 2.27. The van der Waals surface area contributed by atoms with Gasteiger partial charge in [0.2, 0.25) is 5.91 Å². The van der Waals surface area contributed by atoms with Crippen molar-refractivity contribution in [1.82, 2.24) is 4.98 Å². The highest BCUT2D eigenvalue weighted by atomic mass is 16.4. The van der Waals surface area contributed by atoms with Gasteiger partial charge >= 0.3 is 5.97 Å². The third-order valence-corrected chi connectivity index (χ3v) is 3.61. The number of nitrogens with one attached hydrogen (secondary N) is 1. The van der Waals surface area contributed by atoms with E-state index in [1.165, 1.54) is 0 Å². The van der Waals surface area contributed by atoms with E-state index in [2.05, 4.69) is 10.3 Å². The van der Waals surface area contributed by atoms with Gasteiger partial charge in [-0.2, -0.15) is 0 Å². The van der Waals surface area contributed by atoms with Gasteiger partial charge in [-0.3, -0.25) is 14.6 Å². The van der Waals surface area contributed by atoms with E-state index < -0.39 is 5.97 Å². The largest absolute Gasteiger partial charge is 0.481 e. The summed E-state index contributed by atoms with van der Waals surface area (Å²) in [6.45, 7) is 0. The third kappa shape index (κ3) is 4.05. The van der Waals surface area contributed by atoms with Crippen LogP contribution in [0.3, 0.4) is 0 Å². The van der Waals surface area contributed by atoms with Crippen LogP contribution in [0.15, 0.2) is 24.5 Å². The molecule has 5 nitrogen and oxygen atoms in total. The van der Waals surface area contributed by atoms with E-state index in [1.54, 1.807) is 24.5 Å². The molecule has 1 heterocycles. The minimum absolute atomic E-state index is 0.00903. The molecule has 0 spiro atoms. The van der Waals surface area contributed by atoms with E-state index in [0.29, 0.717) is 5.69 Å². The lowest BCUT2D eigenvalue weighted by atomic mass is 9.80. The zero-order chi connectivity index (χ0) is 13.7. The molecule has 1 aliphatic rings. The fourth-order valence-corrected chi connectivity index (χ4v) is 2.56. The number of pyridine rings is 1. The quantitative estimate of drug-likeness (QED) is 0.872. The molecule has 1 aromatic rings. The number of nitrogens with zero attached hydrogens (tertiary/aromatic N) is 1. The van der Waals surface area contributed by atoms with Crippen LogP contribution in [-0.2, 0) is 9.59 Å². The maximum Gasteiger partial charge on any atom is 0.303 e. The van der Waals surface area contributed by atoms with Crippen molar-refractivity contribution in [3.63, 3.8) is 0 Å². The molecule has 102 valence electrons. The molecule has 1 amide bonds. The number of carboxylic acid groups (broad SMARTS) is 1. The standard InChI is InChI=1S/C14H18N2O3/c17-13(18)8-10-3-5-11(6-4-10)14(19)16-12-2-1-7-15-9-12/h1-2,7,9-11H,3-6,8H2,(H,16,19)(H,17,18). The number of carboxylic acids is 1. The molecule has 1 fully saturated rings. The molecule has 0 radical (unpaired) electrons. The van der Waals surface area contributed by atoms with Crippen molar-refractivity contribution in [3.05, 3.63) is 24.5 Å². The Labute approximate surface area is 112 Å². The maximum atomic E-state index is 12.0. The normalized spacial score (nSPS) is 22.7. The van der Waals surface area contributed by atoms with E-state index in [-0.39, 0.29) is 24.2 Å². The molecule has 0 bridgehead atoms. The predicted octanol–water partition coefficient (Wildman–Crippen LogP) is 2.30. The van der Waals surface area contributed by atoms with E-state index in [0.717, 1.165) is 25.7 Å². The second-order valence-electron chi connectivity index (χ2n) is 5.05. The average Bonchev–Trinajstić information content (AvgIpc) is 2.40. The van der Waals surface area contributed by atoms with Gasteiger partial charge in [-0.1, -0.05) is 0 Å². The predicted molar refractivity (Wildman–Crippen MR) is 70.6 cm³/mol. The number of aliphatic carboxylic acids is 1. The van der Waals surface area contributed by atoms with Crippen molar-refractivity contribution in [2.75, 3.05) is 5.32 Å². The van der Waals surface area contributed by atoms with Crippen LogP contribution in [0.25, 0.3) is 0 Å². The first kappa shape index (κ1) is 13.5. The number of rotatable bonds is 4. The fourth-order valence-electron chi connectivity index (χ4n) is 2.56. The Kier molecular flexibility index (Phi) is 4.49. The number of hydrogen-bond donors (Lipinski definition) is 2. The molecule has 0 atom stereocenters. The summed E-state index contributed by atoms with van der Waals surface area (Å²) in [6, 6.07) is 3.58. The summed E-state index contributed by atoms with van der Waals surface area (Å²) in [4.78, 5) is 26.6. The van der Waals surface area contributed by atoms with Crippen LogP contribution in [0.1, 0.15) is 32.1 Å². The van der Waals surface area contributed by atoms with E-state index in [1.807, 2.05) is 0 Å². The van der Waals surface area contributed by atoms with Crippen molar-refractivity contribution in [3.8, 4) is 0 Å². The number of carbonyl (C=O) groups is 2. The van der Waals surface area contributed by atoms with Gasteiger partial charge < -0.3 is 10.4 Å². The van der Waals surface area contributed by atoms with Crippen LogP contribution in [-0.4, -0.2) is 22.0 Å². The van der Waals surface area contributed by atoms with E-state index >= 15 is 0 Å². The third-order valence-electron chi connectivity index (χ3n) is 3.61. The molecular formula is C14H18N2O3. The lowest BCUT2D eigenvalue weighted by Crippen LogP contribution is -2.27. The first-order chi connectivity index (χ1) is 9.15. The van der Waals surface area contributed by atoms with Gasteiger partial charge in [0.1, 0.15) is 0 Å². The molecule has 19 heavy (non-hydrogen) atoms. The summed E-state index contributed by atoms with van der Waals surface area (Å²) in [5.74, 6) is -0.518. The summed E-state index contributed by atoms with van der Waals surface area (Å²) in [6.07, 6.45) is 6.67. The van der Waals surface area contributed by atoms with E-state index in [9.17, 15) is 9.59 Å². The van der Waals surface area contributed by atoms with Crippen molar-refractivity contribution in [2.45, 2.75) is 32.1 Å². The van der Waals surface area contributed by atoms with Crippen LogP contribution in [0.5, 0.6) is 0 Å². The van der Waals surface area contributed by atoms with Gasteiger partial charge in [-0.05, 0) is 43.7 Å². The summed E-state index contributed by atoms with van der Waals surface area (Å²) in [5.41, 5.74) is 0.708. The summed E-state index contributed by atoms with van der Waals surface area (Å²) >= 11 is 0. The molecule has 0 saturated heterocycles. The number of aromatic nitrogens is 1. The van der Waals surface area contributed by atoms with Gasteiger partial charge in [0, 0.05) is 18.5 Å². The lowest BCUT2D eigenvalue weighted by molar-refractivity contribution is -0.138. The topological polar surface area (TPSA) is 79.3 Å². The zero-order valence-corrected chi connectivity index (χ0v) is 10.7. The Morgan fingerprint density at radius 1 is 1.32 bits per heavy atom. The highest BCUT2D eigenvalue weighted by molar-refractivity contribution is 5.92. The molecule has 5 heteroatoms. The van der Waals surface area contributed by atoms with E-state index in [4.69, 9.17) is 5.11 Å². The Bertz CT molecular complexity index is 439. The summed E-state index contributed by atoms with van der Waals surface area (Å²) in [5, 5.41) is 11.6. The number of amides is 1. The summed E-state index contributed by atoms with van der Waals surface area (Å²) < 4.78 is 0. The number of anilines is 1. The molecule has 1 aliphatic carbocycles. The van der Waals surface area contributed by atoms with Gasteiger partial charge in [0.25, 0.3) is 0 Å². The lowest BCUT2D eigenvalue weighted by Gasteiger charge is -2.26. The van der Waals surface area contributed by atoms with Gasteiger partial charge in [-0.15, -0.1) is 0 Å². The first-order valence-electron chi connectivity index (χ1n) is 6.58. The smallest absolute Gasteiger partial charge is 0.303 e. The van der Waals surface area contributed by atoms with Gasteiger partial charge in [0.05, 0.1) is 11.9 Å². The molecular weight excluding hydrogens is 244 g/mol. The molecule has 1 saturated carbocycles. The molecule has 2 N–H and O–H groups in total. The molecule has 2 rings (SSSR count). The Hall–Kier alpha value is -1.91. The maximum absolute atomic E-state index is 12.0. The van der Waals surface area contributed by atoms with Crippen LogP contribution in [0.4, 0.5) is 5.69 Å². The van der Waals surface area contributed by atoms with Crippen LogP contribution in [0.2, 0.25) is 0 Å². The summed E-state index contributed by atoms with van der Waals surface area (Å²) in [7, 11) is 0. The second kappa shape index (κ2) is 6.31. The molecule has 0 aromatic carbocycles. The van der Waals surface area contributed by atoms with Gasteiger partial charge in [0.15, 0.2) is 0 Å². The van der Waals surface area contributed by atoms with Crippen molar-refractivity contribution >= 4 is 17.6 Å². The Morgan fingerprint density at radius 2 is 2.05 bits per heavy atom. The Balaban J connectivity index is 1.81. The zero-order valence-electron chi connectivity index (χ0n) is 10.7. The minimum Gasteiger partial charge on any atom is -0.481 e. The molecule has 1 aromatic heterocycles. The van der Waals surface area contributed by atoms with Gasteiger partial charge in [-0.25, -0.2) is 0 Å². The molecule has 0 aliphatic heterocycles. The number of hydrogen-bond acceptors (Lipinski definition) is 3. The van der Waals surface area contributed by atoms with Crippen molar-refractivity contribution in [1.29, 1.82) is 0 Å².